The number of hydrogen-bond donors (Lipinski definition) is 0. The summed E-state index contributed by atoms with van der Waals surface area (Å²) in [6.07, 6.45) is 0. The van der Waals surface area contributed by atoms with Crippen LogP contribution in [0, 0.1) is 16.7 Å². The maximum absolute atomic E-state index is 8.29. The normalized spacial score (nSPS) is 8.80. The molecule has 0 unspecified atom stereocenters. The second-order valence-electron chi connectivity index (χ2n) is 1.55. The molecule has 1 aromatic carbocycles. The number of hydrogen-bond acceptors (Lipinski definition) is 2. The van der Waals surface area contributed by atoms with Crippen molar-refractivity contribution in [3.63, 3.8) is 0 Å². The third-order valence-electron chi connectivity index (χ3n) is 0.932. The van der Waals surface area contributed by atoms with Gasteiger partial charge in [0.05, 0.1) is 5.02 Å². The average molecular weight is 169 g/mol. The maximum Gasteiger partial charge on any atom is 0.138 e. The maximum atomic E-state index is 8.29. The van der Waals surface area contributed by atoms with E-state index in [1.54, 1.807) is 18.2 Å². The average Bonchev–Trinajstić information content (AvgIpc) is 1.94. The molecule has 0 saturated heterocycles. The molecule has 0 fully saturated rings. The van der Waals surface area contributed by atoms with Crippen LogP contribution in [0.2, 0.25) is 5.02 Å². The van der Waals surface area contributed by atoms with Gasteiger partial charge >= 0.3 is 0 Å². The number of benzene rings is 1. The molecule has 0 bridgehead atoms. The van der Waals surface area contributed by atoms with Gasteiger partial charge in [-0.3, -0.25) is 0 Å². The van der Waals surface area contributed by atoms with E-state index < -0.39 is 0 Å². The minimum absolute atomic E-state index is 0.578. The number of halogens is 1. The molecule has 0 aliphatic rings. The van der Waals surface area contributed by atoms with E-state index in [1.165, 1.54) is 0 Å². The van der Waals surface area contributed by atoms with Gasteiger partial charge in [-0.05, 0) is 30.0 Å². The lowest BCUT2D eigenvalue weighted by Gasteiger charge is -1.93. The standard InChI is InChI=1S/C7H3ClNS/c8-6-3-1-2-4-7(6)10-5-9/h2-4H. The molecule has 0 heterocycles. The van der Waals surface area contributed by atoms with E-state index in [-0.39, 0.29) is 0 Å². The molecule has 1 rings (SSSR count). The summed E-state index contributed by atoms with van der Waals surface area (Å²) in [6.45, 7) is 0. The second-order valence-corrected chi connectivity index (χ2v) is 2.78. The first-order valence-electron chi connectivity index (χ1n) is 2.56. The van der Waals surface area contributed by atoms with Crippen LogP contribution in [0.1, 0.15) is 0 Å². The fraction of sp³-hybridized carbons (Fsp3) is 0. The first-order valence-corrected chi connectivity index (χ1v) is 3.75. The zero-order valence-corrected chi connectivity index (χ0v) is 6.54. The Morgan fingerprint density at radius 2 is 2.50 bits per heavy atom. The van der Waals surface area contributed by atoms with Crippen molar-refractivity contribution in [3.05, 3.63) is 29.3 Å². The molecular formula is C7H3ClNS. The minimum atomic E-state index is 0.578. The Hall–Kier alpha value is -0.650. The third-order valence-corrected chi connectivity index (χ3v) is 2.02. The lowest BCUT2D eigenvalue weighted by atomic mass is 10.4. The van der Waals surface area contributed by atoms with Crippen molar-refractivity contribution in [2.45, 2.75) is 4.90 Å². The van der Waals surface area contributed by atoms with Crippen LogP contribution in [-0.2, 0) is 0 Å². The smallest absolute Gasteiger partial charge is 0.138 e. The summed E-state index contributed by atoms with van der Waals surface area (Å²) >= 11 is 6.76. The summed E-state index contributed by atoms with van der Waals surface area (Å²) in [5.41, 5.74) is 0. The molecule has 0 N–H and O–H groups in total. The number of nitrogens with zero attached hydrogens (tertiary/aromatic N) is 1. The molecule has 1 radical (unpaired) electrons. The number of thiocyanates is 1. The Kier molecular flexibility index (Phi) is 2.61. The van der Waals surface area contributed by atoms with Crippen molar-refractivity contribution < 1.29 is 0 Å². The zero-order chi connectivity index (χ0) is 7.40. The van der Waals surface area contributed by atoms with Crippen molar-refractivity contribution in [1.82, 2.24) is 0 Å². The van der Waals surface area contributed by atoms with E-state index in [0.29, 0.717) is 5.02 Å². The van der Waals surface area contributed by atoms with Gasteiger partial charge in [-0.1, -0.05) is 17.7 Å². The third kappa shape index (κ3) is 1.66. The molecular weight excluding hydrogens is 166 g/mol. The molecule has 0 amide bonds. The Bertz CT molecular complexity index is 267. The van der Waals surface area contributed by atoms with Gasteiger partial charge in [-0.2, -0.15) is 5.26 Å². The fourth-order valence-corrected chi connectivity index (χ4v) is 1.16. The van der Waals surface area contributed by atoms with E-state index in [9.17, 15) is 0 Å². The molecule has 1 aromatic rings. The molecule has 1 nitrogen and oxygen atoms in total. The van der Waals surface area contributed by atoms with Crippen molar-refractivity contribution in [2.24, 2.45) is 0 Å². The summed E-state index contributed by atoms with van der Waals surface area (Å²) in [7, 11) is 0. The number of rotatable bonds is 1. The highest BCUT2D eigenvalue weighted by molar-refractivity contribution is 8.03. The molecule has 0 aliphatic carbocycles. The van der Waals surface area contributed by atoms with E-state index in [2.05, 4.69) is 6.07 Å². The highest BCUT2D eigenvalue weighted by atomic mass is 35.5. The van der Waals surface area contributed by atoms with Crippen molar-refractivity contribution in [1.29, 1.82) is 5.26 Å². The van der Waals surface area contributed by atoms with Gasteiger partial charge in [0.15, 0.2) is 0 Å². The Morgan fingerprint density at radius 3 is 3.10 bits per heavy atom. The van der Waals surface area contributed by atoms with E-state index in [4.69, 9.17) is 16.9 Å². The summed E-state index contributed by atoms with van der Waals surface area (Å²) in [4.78, 5) is 0.780. The molecule has 3 heteroatoms. The summed E-state index contributed by atoms with van der Waals surface area (Å²) in [5, 5.41) is 10.8. The van der Waals surface area contributed by atoms with Crippen LogP contribution in [0.3, 0.4) is 0 Å². The Morgan fingerprint density at radius 1 is 1.70 bits per heavy atom. The van der Waals surface area contributed by atoms with Crippen LogP contribution in [0.25, 0.3) is 0 Å². The lowest BCUT2D eigenvalue weighted by Crippen LogP contribution is -1.69. The van der Waals surface area contributed by atoms with Gasteiger partial charge < -0.3 is 0 Å². The molecule has 49 valence electrons. The van der Waals surface area contributed by atoms with Crippen molar-refractivity contribution >= 4 is 23.4 Å². The van der Waals surface area contributed by atoms with E-state index >= 15 is 0 Å². The van der Waals surface area contributed by atoms with Gasteiger partial charge in [-0.25, -0.2) is 0 Å². The van der Waals surface area contributed by atoms with E-state index in [1.807, 2.05) is 5.40 Å². The Balaban J connectivity index is 2.94. The number of thioether (sulfide) groups is 1. The van der Waals surface area contributed by atoms with E-state index in [0.717, 1.165) is 16.7 Å². The Labute approximate surface area is 68.6 Å². The van der Waals surface area contributed by atoms with Crippen molar-refractivity contribution in [3.8, 4) is 5.40 Å². The van der Waals surface area contributed by atoms with Crippen LogP contribution in [-0.4, -0.2) is 0 Å². The topological polar surface area (TPSA) is 23.8 Å². The number of nitriles is 1. The lowest BCUT2D eigenvalue weighted by molar-refractivity contribution is 1.46. The van der Waals surface area contributed by atoms with Gasteiger partial charge in [-0.15, -0.1) is 0 Å². The van der Waals surface area contributed by atoms with Gasteiger partial charge in [0.2, 0.25) is 0 Å². The summed E-state index contributed by atoms with van der Waals surface area (Å²) < 4.78 is 0. The van der Waals surface area contributed by atoms with Gasteiger partial charge in [0, 0.05) is 4.90 Å². The van der Waals surface area contributed by atoms with Crippen LogP contribution in [0.5, 0.6) is 0 Å². The largest absolute Gasteiger partial charge is 0.185 e. The van der Waals surface area contributed by atoms with Gasteiger partial charge in [0.25, 0.3) is 0 Å². The monoisotopic (exact) mass is 168 g/mol. The van der Waals surface area contributed by atoms with Crippen LogP contribution in [0.4, 0.5) is 0 Å². The zero-order valence-electron chi connectivity index (χ0n) is 4.97. The molecule has 0 saturated carbocycles. The summed E-state index contributed by atoms with van der Waals surface area (Å²) in [5.74, 6) is 0. The fourth-order valence-electron chi connectivity index (χ4n) is 0.528. The highest BCUT2D eigenvalue weighted by Crippen LogP contribution is 2.24. The van der Waals surface area contributed by atoms with Crippen LogP contribution in [0.15, 0.2) is 23.1 Å². The predicted octanol–water partition coefficient (Wildman–Crippen LogP) is 2.71. The second kappa shape index (κ2) is 3.50. The molecule has 0 atom stereocenters. The van der Waals surface area contributed by atoms with Gasteiger partial charge in [0.1, 0.15) is 5.40 Å². The van der Waals surface area contributed by atoms with Crippen LogP contribution >= 0.6 is 23.4 Å². The predicted molar refractivity (Wildman–Crippen MR) is 41.8 cm³/mol. The first-order chi connectivity index (χ1) is 4.84. The SMILES string of the molecule is N#CSc1cc[c]cc1Cl. The molecule has 0 aliphatic heterocycles. The first kappa shape index (κ1) is 7.46. The molecule has 0 aromatic heterocycles. The van der Waals surface area contributed by atoms with Crippen molar-refractivity contribution in [2.75, 3.05) is 0 Å². The molecule has 10 heavy (non-hydrogen) atoms. The highest BCUT2D eigenvalue weighted by Gasteiger charge is 1.96. The summed E-state index contributed by atoms with van der Waals surface area (Å²) in [6, 6.07) is 7.93. The van der Waals surface area contributed by atoms with Crippen LogP contribution < -0.4 is 0 Å². The quantitative estimate of drug-likeness (QED) is 0.476. The minimum Gasteiger partial charge on any atom is -0.185 e. The molecule has 0 spiro atoms.